The van der Waals surface area contributed by atoms with Gasteiger partial charge in [0.05, 0.1) is 12.2 Å². The second kappa shape index (κ2) is 6.01. The summed E-state index contributed by atoms with van der Waals surface area (Å²) in [7, 11) is 0. The van der Waals surface area contributed by atoms with Gasteiger partial charge in [-0.1, -0.05) is 30.7 Å². The fourth-order valence-corrected chi connectivity index (χ4v) is 2.11. The predicted octanol–water partition coefficient (Wildman–Crippen LogP) is 3.49. The van der Waals surface area contributed by atoms with Crippen LogP contribution in [0, 0.1) is 11.8 Å². The van der Waals surface area contributed by atoms with Gasteiger partial charge in [-0.25, -0.2) is 9.78 Å². The average molecular weight is 266 g/mol. The van der Waals surface area contributed by atoms with Crippen LogP contribution in [0.2, 0.25) is 5.15 Å². The number of rotatable bonds is 3. The van der Waals surface area contributed by atoms with Gasteiger partial charge in [0.2, 0.25) is 0 Å². The smallest absolute Gasteiger partial charge is 0.339 e. The van der Waals surface area contributed by atoms with Crippen LogP contribution in [0.1, 0.15) is 30.1 Å². The number of hydrogen-bond donors (Lipinski definition) is 0. The van der Waals surface area contributed by atoms with Gasteiger partial charge in [0.15, 0.2) is 0 Å². The average Bonchev–Trinajstić information content (AvgIpc) is 2.38. The van der Waals surface area contributed by atoms with E-state index in [-0.39, 0.29) is 5.97 Å². The second-order valence-corrected chi connectivity index (χ2v) is 5.04. The zero-order valence-corrected chi connectivity index (χ0v) is 11.1. The van der Waals surface area contributed by atoms with E-state index in [0.717, 1.165) is 12.8 Å². The van der Waals surface area contributed by atoms with Crippen molar-refractivity contribution in [2.24, 2.45) is 11.8 Å². The van der Waals surface area contributed by atoms with Crippen LogP contribution in [-0.2, 0) is 4.74 Å². The maximum atomic E-state index is 11.8. The van der Waals surface area contributed by atoms with Crippen LogP contribution in [0.5, 0.6) is 0 Å². The molecule has 0 saturated carbocycles. The fourth-order valence-electron chi connectivity index (χ4n) is 2.00. The van der Waals surface area contributed by atoms with Crippen molar-refractivity contribution in [1.82, 2.24) is 4.98 Å². The highest BCUT2D eigenvalue weighted by Gasteiger charge is 2.20. The third-order valence-corrected chi connectivity index (χ3v) is 3.53. The van der Waals surface area contributed by atoms with Crippen LogP contribution in [-0.4, -0.2) is 17.6 Å². The summed E-state index contributed by atoms with van der Waals surface area (Å²) in [5.41, 5.74) is 0.443. The van der Waals surface area contributed by atoms with E-state index in [2.05, 4.69) is 24.1 Å². The summed E-state index contributed by atoms with van der Waals surface area (Å²) in [5.74, 6) is 0.645. The number of ether oxygens (including phenoxy) is 1. The Labute approximate surface area is 112 Å². The van der Waals surface area contributed by atoms with Gasteiger partial charge >= 0.3 is 5.97 Å². The maximum Gasteiger partial charge on any atom is 0.339 e. The molecule has 0 saturated heterocycles. The van der Waals surface area contributed by atoms with E-state index in [0.29, 0.717) is 29.2 Å². The van der Waals surface area contributed by atoms with Crippen LogP contribution in [0.15, 0.2) is 30.5 Å². The summed E-state index contributed by atoms with van der Waals surface area (Å²) in [6.07, 6.45) is 7.82. The highest BCUT2D eigenvalue weighted by Crippen LogP contribution is 2.25. The molecule has 1 aliphatic rings. The van der Waals surface area contributed by atoms with Gasteiger partial charge < -0.3 is 4.74 Å². The summed E-state index contributed by atoms with van der Waals surface area (Å²) in [5, 5.41) is 0.373. The van der Waals surface area contributed by atoms with E-state index < -0.39 is 0 Å². The fraction of sp³-hybridized carbons (Fsp3) is 0.429. The molecule has 1 aliphatic carbocycles. The van der Waals surface area contributed by atoms with Crippen molar-refractivity contribution in [1.29, 1.82) is 0 Å². The molecule has 0 fully saturated rings. The highest BCUT2D eigenvalue weighted by atomic mass is 35.5. The molecule has 1 aromatic heterocycles. The molecular weight excluding hydrogens is 250 g/mol. The molecule has 3 nitrogen and oxygen atoms in total. The standard InChI is InChI=1S/C14H16ClNO2/c1-10-4-2-3-5-12(10)9-18-14(17)11-6-7-13(15)16-8-11/h2-3,6-8,10,12H,4-5,9H2,1H3. The van der Waals surface area contributed by atoms with Gasteiger partial charge in [0.1, 0.15) is 5.15 Å². The molecule has 2 unspecified atom stereocenters. The number of allylic oxidation sites excluding steroid dienone is 2. The summed E-state index contributed by atoms with van der Waals surface area (Å²) < 4.78 is 5.32. The molecule has 2 rings (SSSR count). The van der Waals surface area contributed by atoms with Gasteiger partial charge in [0, 0.05) is 6.20 Å². The van der Waals surface area contributed by atoms with Gasteiger partial charge in [-0.15, -0.1) is 0 Å². The molecule has 0 bridgehead atoms. The van der Waals surface area contributed by atoms with Crippen molar-refractivity contribution in [2.75, 3.05) is 6.61 Å². The lowest BCUT2D eigenvalue weighted by atomic mass is 9.85. The van der Waals surface area contributed by atoms with Gasteiger partial charge in [-0.2, -0.15) is 0 Å². The largest absolute Gasteiger partial charge is 0.462 e. The van der Waals surface area contributed by atoms with E-state index in [1.54, 1.807) is 12.1 Å². The van der Waals surface area contributed by atoms with E-state index in [4.69, 9.17) is 16.3 Å². The zero-order chi connectivity index (χ0) is 13.0. The SMILES string of the molecule is CC1CC=CCC1COC(=O)c1ccc(Cl)nc1. The monoisotopic (exact) mass is 265 g/mol. The lowest BCUT2D eigenvalue weighted by molar-refractivity contribution is 0.0395. The van der Waals surface area contributed by atoms with E-state index in [9.17, 15) is 4.79 Å². The van der Waals surface area contributed by atoms with Crippen molar-refractivity contribution in [2.45, 2.75) is 19.8 Å². The second-order valence-electron chi connectivity index (χ2n) is 4.65. The Kier molecular flexibility index (Phi) is 4.37. The Balaban J connectivity index is 1.88. The third-order valence-electron chi connectivity index (χ3n) is 3.31. The molecule has 0 aliphatic heterocycles. The number of carbonyl (C=O) groups excluding carboxylic acids is 1. The minimum atomic E-state index is -0.332. The summed E-state index contributed by atoms with van der Waals surface area (Å²) in [6, 6.07) is 3.21. The molecule has 0 N–H and O–H groups in total. The molecule has 96 valence electrons. The van der Waals surface area contributed by atoms with Crippen molar-refractivity contribution in [3.63, 3.8) is 0 Å². The number of carbonyl (C=O) groups is 1. The first kappa shape index (κ1) is 13.1. The number of pyridine rings is 1. The maximum absolute atomic E-state index is 11.8. The van der Waals surface area contributed by atoms with E-state index in [1.165, 1.54) is 6.20 Å². The number of halogens is 1. The minimum absolute atomic E-state index is 0.332. The minimum Gasteiger partial charge on any atom is -0.462 e. The quantitative estimate of drug-likeness (QED) is 0.477. The van der Waals surface area contributed by atoms with Crippen LogP contribution in [0.3, 0.4) is 0 Å². The Bertz CT molecular complexity index is 442. The third kappa shape index (κ3) is 3.33. The Hall–Kier alpha value is -1.35. The van der Waals surface area contributed by atoms with Gasteiger partial charge in [-0.3, -0.25) is 0 Å². The van der Waals surface area contributed by atoms with Crippen molar-refractivity contribution < 1.29 is 9.53 Å². The zero-order valence-electron chi connectivity index (χ0n) is 10.3. The molecule has 18 heavy (non-hydrogen) atoms. The summed E-state index contributed by atoms with van der Waals surface area (Å²) in [4.78, 5) is 15.6. The first-order valence-corrected chi connectivity index (χ1v) is 6.48. The highest BCUT2D eigenvalue weighted by molar-refractivity contribution is 6.29. The molecule has 1 aromatic rings. The van der Waals surface area contributed by atoms with E-state index >= 15 is 0 Å². The molecule has 0 spiro atoms. The van der Waals surface area contributed by atoms with Crippen LogP contribution < -0.4 is 0 Å². The topological polar surface area (TPSA) is 39.2 Å². The number of hydrogen-bond acceptors (Lipinski definition) is 3. The predicted molar refractivity (Wildman–Crippen MR) is 70.6 cm³/mol. The Morgan fingerprint density at radius 3 is 2.89 bits per heavy atom. The van der Waals surface area contributed by atoms with Crippen molar-refractivity contribution >= 4 is 17.6 Å². The first-order chi connectivity index (χ1) is 8.66. The van der Waals surface area contributed by atoms with Crippen LogP contribution >= 0.6 is 11.6 Å². The molecule has 2 atom stereocenters. The lowest BCUT2D eigenvalue weighted by Gasteiger charge is -2.24. The van der Waals surface area contributed by atoms with E-state index in [1.807, 2.05) is 0 Å². The molecule has 4 heteroatoms. The molecule has 0 amide bonds. The molecule has 0 radical (unpaired) electrons. The molecule has 0 aromatic carbocycles. The first-order valence-electron chi connectivity index (χ1n) is 6.10. The number of esters is 1. The number of nitrogens with zero attached hydrogens (tertiary/aromatic N) is 1. The van der Waals surface area contributed by atoms with Gasteiger partial charge in [-0.05, 0) is 36.8 Å². The van der Waals surface area contributed by atoms with Crippen molar-refractivity contribution in [3.05, 3.63) is 41.2 Å². The lowest BCUT2D eigenvalue weighted by Crippen LogP contribution is -2.21. The Morgan fingerprint density at radius 2 is 2.22 bits per heavy atom. The Morgan fingerprint density at radius 1 is 1.44 bits per heavy atom. The molecular formula is C14H16ClNO2. The summed E-state index contributed by atoms with van der Waals surface area (Å²) >= 11 is 5.66. The van der Waals surface area contributed by atoms with Crippen LogP contribution in [0.4, 0.5) is 0 Å². The van der Waals surface area contributed by atoms with Gasteiger partial charge in [0.25, 0.3) is 0 Å². The van der Waals surface area contributed by atoms with Crippen molar-refractivity contribution in [3.8, 4) is 0 Å². The van der Waals surface area contributed by atoms with Crippen LogP contribution in [0.25, 0.3) is 0 Å². The molecule has 1 heterocycles. The normalized spacial score (nSPS) is 22.8. The summed E-state index contributed by atoms with van der Waals surface area (Å²) in [6.45, 7) is 2.65. The number of aromatic nitrogens is 1.